The maximum Gasteiger partial charge on any atom is 0.254 e. The molecule has 1 amide bonds. The van der Waals surface area contributed by atoms with Gasteiger partial charge in [0.05, 0.1) is 5.56 Å². The van der Waals surface area contributed by atoms with Crippen molar-refractivity contribution in [2.45, 2.75) is 13.5 Å². The second-order valence-electron chi connectivity index (χ2n) is 4.40. The molecule has 0 spiro atoms. The van der Waals surface area contributed by atoms with Crippen molar-refractivity contribution in [1.29, 1.82) is 0 Å². The van der Waals surface area contributed by atoms with E-state index < -0.39 is 23.4 Å². The van der Waals surface area contributed by atoms with Gasteiger partial charge in [-0.2, -0.15) is 0 Å². The molecule has 104 valence electrons. The predicted molar refractivity (Wildman–Crippen MR) is 68.7 cm³/mol. The largest absolute Gasteiger partial charge is 0.348 e. The van der Waals surface area contributed by atoms with Crippen LogP contribution in [0.4, 0.5) is 13.2 Å². The van der Waals surface area contributed by atoms with E-state index >= 15 is 0 Å². The molecule has 0 bridgehead atoms. The van der Waals surface area contributed by atoms with E-state index in [2.05, 4.69) is 5.32 Å². The molecule has 0 aliphatic carbocycles. The lowest BCUT2D eigenvalue weighted by Gasteiger charge is -2.07. The molecule has 0 heterocycles. The monoisotopic (exact) mass is 279 g/mol. The highest BCUT2D eigenvalue weighted by Gasteiger charge is 2.12. The van der Waals surface area contributed by atoms with Gasteiger partial charge in [0.25, 0.3) is 5.91 Å². The minimum Gasteiger partial charge on any atom is -0.348 e. The first kappa shape index (κ1) is 14.1. The first-order valence-corrected chi connectivity index (χ1v) is 5.95. The average Bonchev–Trinajstić information content (AvgIpc) is 2.37. The van der Waals surface area contributed by atoms with Gasteiger partial charge >= 0.3 is 0 Å². The van der Waals surface area contributed by atoms with E-state index in [-0.39, 0.29) is 17.7 Å². The van der Waals surface area contributed by atoms with Gasteiger partial charge in [-0.1, -0.05) is 12.1 Å². The van der Waals surface area contributed by atoms with Crippen molar-refractivity contribution >= 4 is 5.91 Å². The van der Waals surface area contributed by atoms with Gasteiger partial charge in [0.2, 0.25) is 0 Å². The predicted octanol–water partition coefficient (Wildman–Crippen LogP) is 3.34. The maximum atomic E-state index is 13.6. The van der Waals surface area contributed by atoms with Crippen LogP contribution in [0.25, 0.3) is 0 Å². The molecule has 2 aromatic carbocycles. The summed E-state index contributed by atoms with van der Waals surface area (Å²) < 4.78 is 39.7. The quantitative estimate of drug-likeness (QED) is 0.917. The summed E-state index contributed by atoms with van der Waals surface area (Å²) in [5.74, 6) is -2.73. The fourth-order valence-electron chi connectivity index (χ4n) is 1.74. The van der Waals surface area contributed by atoms with E-state index in [1.807, 2.05) is 0 Å². The third-order valence-electron chi connectivity index (χ3n) is 2.82. The van der Waals surface area contributed by atoms with E-state index in [1.54, 1.807) is 13.0 Å². The molecule has 0 aliphatic rings. The molecule has 0 unspecified atom stereocenters. The standard InChI is InChI=1S/C15H12F3NO/c1-9-2-5-12(14(18)6-9)15(20)19-8-10-3-4-11(16)7-13(10)17/h2-7H,8H2,1H3,(H,19,20). The Hall–Kier alpha value is -2.30. The lowest BCUT2D eigenvalue weighted by Crippen LogP contribution is -2.24. The number of rotatable bonds is 3. The normalized spacial score (nSPS) is 10.4. The minimum absolute atomic E-state index is 0.113. The van der Waals surface area contributed by atoms with Crippen LogP contribution in [-0.4, -0.2) is 5.91 Å². The molecule has 2 aromatic rings. The zero-order valence-electron chi connectivity index (χ0n) is 10.7. The molecule has 2 rings (SSSR count). The van der Waals surface area contributed by atoms with Crippen LogP contribution < -0.4 is 5.32 Å². The van der Waals surface area contributed by atoms with E-state index in [0.717, 1.165) is 12.1 Å². The van der Waals surface area contributed by atoms with Gasteiger partial charge in [-0.05, 0) is 30.7 Å². The molecule has 20 heavy (non-hydrogen) atoms. The van der Waals surface area contributed by atoms with Crippen molar-refractivity contribution in [3.63, 3.8) is 0 Å². The maximum absolute atomic E-state index is 13.6. The van der Waals surface area contributed by atoms with Gasteiger partial charge in [0, 0.05) is 18.2 Å². The van der Waals surface area contributed by atoms with Gasteiger partial charge in [-0.15, -0.1) is 0 Å². The number of amides is 1. The van der Waals surface area contributed by atoms with Crippen molar-refractivity contribution < 1.29 is 18.0 Å². The van der Waals surface area contributed by atoms with Gasteiger partial charge in [0.15, 0.2) is 0 Å². The molecular weight excluding hydrogens is 267 g/mol. The van der Waals surface area contributed by atoms with Crippen LogP contribution in [0, 0.1) is 24.4 Å². The van der Waals surface area contributed by atoms with Crippen LogP contribution in [0.2, 0.25) is 0 Å². The molecular formula is C15H12F3NO. The average molecular weight is 279 g/mol. The van der Waals surface area contributed by atoms with Crippen LogP contribution in [0.5, 0.6) is 0 Å². The van der Waals surface area contributed by atoms with Crippen molar-refractivity contribution in [1.82, 2.24) is 5.32 Å². The summed E-state index contributed by atoms with van der Waals surface area (Å²) in [6, 6.07) is 7.27. The van der Waals surface area contributed by atoms with Crippen molar-refractivity contribution in [2.75, 3.05) is 0 Å². The highest BCUT2D eigenvalue weighted by Crippen LogP contribution is 2.12. The second kappa shape index (κ2) is 5.77. The van der Waals surface area contributed by atoms with E-state index in [0.29, 0.717) is 5.56 Å². The Labute approximate surface area is 114 Å². The number of hydrogen-bond donors (Lipinski definition) is 1. The number of carbonyl (C=O) groups is 1. The first-order valence-electron chi connectivity index (χ1n) is 5.95. The van der Waals surface area contributed by atoms with E-state index in [9.17, 15) is 18.0 Å². The zero-order chi connectivity index (χ0) is 14.7. The number of benzene rings is 2. The summed E-state index contributed by atoms with van der Waals surface area (Å²) in [5, 5.41) is 2.39. The lowest BCUT2D eigenvalue weighted by molar-refractivity contribution is 0.0946. The van der Waals surface area contributed by atoms with Gasteiger partial charge < -0.3 is 5.32 Å². The van der Waals surface area contributed by atoms with Crippen LogP contribution in [0.3, 0.4) is 0 Å². The highest BCUT2D eigenvalue weighted by molar-refractivity contribution is 5.94. The Morgan fingerprint density at radius 3 is 2.45 bits per heavy atom. The number of halogens is 3. The van der Waals surface area contributed by atoms with Crippen molar-refractivity contribution in [3.05, 3.63) is 70.5 Å². The third-order valence-corrected chi connectivity index (χ3v) is 2.82. The molecule has 0 radical (unpaired) electrons. The van der Waals surface area contributed by atoms with Crippen LogP contribution in [-0.2, 0) is 6.54 Å². The van der Waals surface area contributed by atoms with E-state index in [4.69, 9.17) is 0 Å². The van der Waals surface area contributed by atoms with Gasteiger partial charge in [0.1, 0.15) is 17.5 Å². The zero-order valence-corrected chi connectivity index (χ0v) is 10.7. The summed E-state index contributed by atoms with van der Waals surface area (Å²) in [6.07, 6.45) is 0. The molecule has 1 N–H and O–H groups in total. The topological polar surface area (TPSA) is 29.1 Å². The molecule has 0 fully saturated rings. The number of carbonyl (C=O) groups excluding carboxylic acids is 1. The van der Waals surface area contributed by atoms with Crippen molar-refractivity contribution in [3.8, 4) is 0 Å². The molecule has 0 aromatic heterocycles. The van der Waals surface area contributed by atoms with Crippen LogP contribution in [0.15, 0.2) is 36.4 Å². The third kappa shape index (κ3) is 3.17. The number of nitrogens with one attached hydrogen (secondary N) is 1. The Bertz CT molecular complexity index is 656. The molecule has 0 atom stereocenters. The summed E-state index contributed by atoms with van der Waals surface area (Å²) in [6.45, 7) is 1.57. The minimum atomic E-state index is -0.755. The molecule has 5 heteroatoms. The second-order valence-corrected chi connectivity index (χ2v) is 4.40. The first-order chi connectivity index (χ1) is 9.47. The highest BCUT2D eigenvalue weighted by atomic mass is 19.1. The summed E-state index contributed by atoms with van der Waals surface area (Å²) in [5.41, 5.74) is 0.717. The Kier molecular flexibility index (Phi) is 4.08. The van der Waals surface area contributed by atoms with Gasteiger partial charge in [-0.3, -0.25) is 4.79 Å². The Balaban J connectivity index is 2.08. The fourth-order valence-corrected chi connectivity index (χ4v) is 1.74. The molecule has 0 aliphatic heterocycles. The summed E-state index contributed by atoms with van der Waals surface area (Å²) >= 11 is 0. The molecule has 0 saturated carbocycles. The number of hydrogen-bond acceptors (Lipinski definition) is 1. The van der Waals surface area contributed by atoms with Crippen LogP contribution in [0.1, 0.15) is 21.5 Å². The molecule has 0 saturated heterocycles. The summed E-state index contributed by atoms with van der Waals surface area (Å²) in [7, 11) is 0. The fraction of sp³-hybridized carbons (Fsp3) is 0.133. The SMILES string of the molecule is Cc1ccc(C(=O)NCc2ccc(F)cc2F)c(F)c1. The van der Waals surface area contributed by atoms with Gasteiger partial charge in [-0.25, -0.2) is 13.2 Å². The smallest absolute Gasteiger partial charge is 0.254 e. The Morgan fingerprint density at radius 1 is 1.05 bits per heavy atom. The number of aryl methyl sites for hydroxylation is 1. The van der Waals surface area contributed by atoms with Crippen LogP contribution >= 0.6 is 0 Å². The van der Waals surface area contributed by atoms with Crippen molar-refractivity contribution in [2.24, 2.45) is 0 Å². The van der Waals surface area contributed by atoms with E-state index in [1.165, 1.54) is 18.2 Å². The Morgan fingerprint density at radius 2 is 1.80 bits per heavy atom. The summed E-state index contributed by atoms with van der Waals surface area (Å²) in [4.78, 5) is 11.8. The molecule has 2 nitrogen and oxygen atoms in total. The lowest BCUT2D eigenvalue weighted by atomic mass is 10.1.